The maximum Gasteiger partial charge on any atom is 0.265 e. The van der Waals surface area contributed by atoms with E-state index in [4.69, 9.17) is 28.2 Å². The van der Waals surface area contributed by atoms with Crippen molar-refractivity contribution in [3.8, 4) is 11.4 Å². The van der Waals surface area contributed by atoms with Gasteiger partial charge in [-0.25, -0.2) is 4.98 Å². The number of amides is 2. The number of fused-ring (bicyclic) bond motifs is 1. The number of carbonyl (C=O) groups is 2. The van der Waals surface area contributed by atoms with E-state index in [-0.39, 0.29) is 17.7 Å². The fourth-order valence-electron chi connectivity index (χ4n) is 3.90. The zero-order valence-electron chi connectivity index (χ0n) is 18.6. The van der Waals surface area contributed by atoms with Crippen LogP contribution in [0, 0.1) is 5.92 Å². The van der Waals surface area contributed by atoms with Gasteiger partial charge in [-0.15, -0.1) is 11.3 Å². The van der Waals surface area contributed by atoms with Crippen LogP contribution >= 0.6 is 34.5 Å². The number of allylic oxidation sites excluding steroid dienone is 1. The molecule has 5 rings (SSSR count). The van der Waals surface area contributed by atoms with E-state index in [0.717, 1.165) is 34.9 Å². The summed E-state index contributed by atoms with van der Waals surface area (Å²) in [5.41, 5.74) is 4.60. The topological polar surface area (TPSA) is 86.9 Å². The molecule has 176 valence electrons. The zero-order valence-corrected chi connectivity index (χ0v) is 20.9. The first-order chi connectivity index (χ1) is 16.9. The van der Waals surface area contributed by atoms with Gasteiger partial charge in [-0.1, -0.05) is 36.2 Å². The molecule has 0 saturated carbocycles. The molecule has 1 aliphatic rings. The fraction of sp³-hybridized carbons (Fsp3) is 0.115. The molecule has 0 fully saturated rings. The molecule has 0 radical (unpaired) electrons. The summed E-state index contributed by atoms with van der Waals surface area (Å²) in [6, 6.07) is 15.8. The van der Waals surface area contributed by atoms with Crippen LogP contribution in [0.3, 0.4) is 0 Å². The van der Waals surface area contributed by atoms with Gasteiger partial charge in [0.25, 0.3) is 11.8 Å². The summed E-state index contributed by atoms with van der Waals surface area (Å²) in [6.07, 6.45) is 2.68. The van der Waals surface area contributed by atoms with Crippen molar-refractivity contribution in [1.82, 2.24) is 15.3 Å². The first-order valence-electron chi connectivity index (χ1n) is 10.9. The molecular weight excluding hydrogens is 503 g/mol. The van der Waals surface area contributed by atoms with Crippen molar-refractivity contribution in [2.75, 3.05) is 5.32 Å². The number of nitrogens with one attached hydrogen (secondary N) is 3. The molecule has 0 saturated heterocycles. The molecule has 0 spiro atoms. The van der Waals surface area contributed by atoms with Gasteiger partial charge in [-0.05, 0) is 66.4 Å². The Bertz CT molecular complexity index is 1420. The number of thiophene rings is 1. The summed E-state index contributed by atoms with van der Waals surface area (Å²) in [5.74, 6) is 0.475. The lowest BCUT2D eigenvalue weighted by atomic mass is 9.94. The van der Waals surface area contributed by atoms with Crippen LogP contribution in [0.5, 0.6) is 0 Å². The summed E-state index contributed by atoms with van der Waals surface area (Å²) in [5, 5.41) is 8.56. The van der Waals surface area contributed by atoms with Crippen molar-refractivity contribution in [1.29, 1.82) is 0 Å². The highest BCUT2D eigenvalue weighted by atomic mass is 35.5. The van der Waals surface area contributed by atoms with E-state index in [1.54, 1.807) is 18.2 Å². The Morgan fingerprint density at radius 3 is 2.46 bits per heavy atom. The quantitative estimate of drug-likeness (QED) is 0.273. The maximum absolute atomic E-state index is 12.5. The molecule has 4 aromatic rings. The van der Waals surface area contributed by atoms with Crippen LogP contribution in [0.4, 0.5) is 5.69 Å². The average Bonchev–Trinajstić information content (AvgIpc) is 3.49. The number of anilines is 1. The van der Waals surface area contributed by atoms with Gasteiger partial charge >= 0.3 is 0 Å². The lowest BCUT2D eigenvalue weighted by Crippen LogP contribution is -2.28. The summed E-state index contributed by atoms with van der Waals surface area (Å²) >= 11 is 13.4. The number of H-pyrrole nitrogens is 1. The minimum atomic E-state index is -0.299. The standard InChI is InChI=1S/C26H20Cl2N4O2S/c1-14-9-21-22(13-20(14)32-26(34)23-3-2-8-35-23)31-24(30-21)15-4-6-19(7-5-15)29-25(33)16-10-17(27)12-18(28)11-16/h2-8,10-14H,9H2,1H3,(H,29,33)(H,30,31)(H,32,34). The second kappa shape index (κ2) is 9.70. The predicted octanol–water partition coefficient (Wildman–Crippen LogP) is 6.66. The largest absolute Gasteiger partial charge is 0.341 e. The zero-order chi connectivity index (χ0) is 24.5. The molecule has 1 unspecified atom stereocenters. The third-order valence-corrected chi connectivity index (χ3v) is 6.99. The molecule has 0 bridgehead atoms. The number of aromatic amines is 1. The lowest BCUT2D eigenvalue weighted by Gasteiger charge is -2.20. The van der Waals surface area contributed by atoms with Gasteiger partial charge in [0.05, 0.1) is 10.6 Å². The van der Waals surface area contributed by atoms with Crippen LogP contribution in [0.2, 0.25) is 10.0 Å². The molecule has 2 heterocycles. The van der Waals surface area contributed by atoms with Gasteiger partial charge in [0, 0.05) is 44.2 Å². The van der Waals surface area contributed by atoms with Gasteiger partial charge in [0.1, 0.15) is 5.82 Å². The van der Waals surface area contributed by atoms with Crippen LogP contribution < -0.4 is 10.6 Å². The van der Waals surface area contributed by atoms with Crippen molar-refractivity contribution in [2.45, 2.75) is 13.3 Å². The van der Waals surface area contributed by atoms with Crippen molar-refractivity contribution in [3.05, 3.63) is 97.5 Å². The number of nitrogens with zero attached hydrogens (tertiary/aromatic N) is 1. The molecule has 3 N–H and O–H groups in total. The Kier molecular flexibility index (Phi) is 6.47. The molecule has 1 aliphatic carbocycles. The number of hydrogen-bond donors (Lipinski definition) is 3. The van der Waals surface area contributed by atoms with Gasteiger partial charge in [0.2, 0.25) is 0 Å². The van der Waals surface area contributed by atoms with Crippen molar-refractivity contribution in [3.63, 3.8) is 0 Å². The first-order valence-corrected chi connectivity index (χ1v) is 12.5. The SMILES string of the molecule is CC1Cc2[nH]c(-c3ccc(NC(=O)c4cc(Cl)cc(Cl)c4)cc3)nc2C=C1NC(=O)c1cccs1. The minimum Gasteiger partial charge on any atom is -0.341 e. The van der Waals surface area contributed by atoms with Gasteiger partial charge < -0.3 is 15.6 Å². The van der Waals surface area contributed by atoms with E-state index >= 15 is 0 Å². The van der Waals surface area contributed by atoms with Gasteiger partial charge in [-0.3, -0.25) is 9.59 Å². The van der Waals surface area contributed by atoms with Crippen LogP contribution in [-0.4, -0.2) is 21.8 Å². The smallest absolute Gasteiger partial charge is 0.265 e. The van der Waals surface area contributed by atoms with E-state index in [0.29, 0.717) is 26.2 Å². The molecule has 0 aliphatic heterocycles. The summed E-state index contributed by atoms with van der Waals surface area (Å²) < 4.78 is 0. The predicted molar refractivity (Wildman–Crippen MR) is 141 cm³/mol. The van der Waals surface area contributed by atoms with Crippen molar-refractivity contribution in [2.24, 2.45) is 5.92 Å². The Labute approximate surface area is 216 Å². The Morgan fingerprint density at radius 2 is 1.77 bits per heavy atom. The van der Waals surface area contributed by atoms with E-state index in [2.05, 4.69) is 22.5 Å². The van der Waals surface area contributed by atoms with Crippen LogP contribution in [0.1, 0.15) is 38.3 Å². The van der Waals surface area contributed by atoms with Crippen LogP contribution in [-0.2, 0) is 6.42 Å². The summed E-state index contributed by atoms with van der Waals surface area (Å²) in [4.78, 5) is 33.8. The molecule has 2 aromatic carbocycles. The second-order valence-corrected chi connectivity index (χ2v) is 10.1. The fourth-order valence-corrected chi connectivity index (χ4v) is 5.04. The van der Waals surface area contributed by atoms with Crippen molar-refractivity contribution >= 4 is 58.1 Å². The highest BCUT2D eigenvalue weighted by molar-refractivity contribution is 7.12. The number of halogens is 2. The Balaban J connectivity index is 1.31. The monoisotopic (exact) mass is 522 g/mol. The van der Waals surface area contributed by atoms with E-state index in [1.165, 1.54) is 11.3 Å². The third kappa shape index (κ3) is 5.17. The van der Waals surface area contributed by atoms with E-state index < -0.39 is 0 Å². The van der Waals surface area contributed by atoms with Crippen LogP contribution in [0.25, 0.3) is 17.5 Å². The normalized spacial score (nSPS) is 14.7. The average molecular weight is 523 g/mol. The number of carbonyl (C=O) groups excluding carboxylic acids is 2. The van der Waals surface area contributed by atoms with Crippen molar-refractivity contribution < 1.29 is 9.59 Å². The van der Waals surface area contributed by atoms with E-state index in [9.17, 15) is 9.59 Å². The first kappa shape index (κ1) is 23.4. The Morgan fingerprint density at radius 1 is 1.03 bits per heavy atom. The minimum absolute atomic E-state index is 0.102. The maximum atomic E-state index is 12.5. The highest BCUT2D eigenvalue weighted by Gasteiger charge is 2.23. The number of aromatic nitrogens is 2. The van der Waals surface area contributed by atoms with Gasteiger partial charge in [0.15, 0.2) is 0 Å². The molecule has 6 nitrogen and oxygen atoms in total. The highest BCUT2D eigenvalue weighted by Crippen LogP contribution is 2.29. The molecular formula is C26H20Cl2N4O2S. The molecule has 1 atom stereocenters. The molecule has 2 amide bonds. The number of hydrogen-bond acceptors (Lipinski definition) is 4. The third-order valence-electron chi connectivity index (χ3n) is 5.69. The van der Waals surface area contributed by atoms with E-state index in [1.807, 2.05) is 47.9 Å². The number of rotatable bonds is 5. The van der Waals surface area contributed by atoms with Crippen LogP contribution in [0.15, 0.2) is 65.7 Å². The molecule has 9 heteroatoms. The lowest BCUT2D eigenvalue weighted by molar-refractivity contribution is 0.0965. The number of benzene rings is 2. The summed E-state index contributed by atoms with van der Waals surface area (Å²) in [6.45, 7) is 2.08. The molecule has 2 aromatic heterocycles. The molecule has 35 heavy (non-hydrogen) atoms. The van der Waals surface area contributed by atoms with Gasteiger partial charge in [-0.2, -0.15) is 0 Å². The summed E-state index contributed by atoms with van der Waals surface area (Å²) in [7, 11) is 0. The Hall–Kier alpha value is -3.39. The second-order valence-electron chi connectivity index (χ2n) is 8.28. The number of imidazole rings is 1.